The Bertz CT molecular complexity index is 154. The Morgan fingerprint density at radius 2 is 2.33 bits per heavy atom. The molecule has 1 rings (SSSR count). The van der Waals surface area contributed by atoms with E-state index in [2.05, 4.69) is 31.2 Å². The highest BCUT2D eigenvalue weighted by Crippen LogP contribution is 2.11. The van der Waals surface area contributed by atoms with Gasteiger partial charge in [0.15, 0.2) is 0 Å². The summed E-state index contributed by atoms with van der Waals surface area (Å²) in [7, 11) is 4.28. The van der Waals surface area contributed by atoms with Crippen molar-refractivity contribution in [3.8, 4) is 0 Å². The Morgan fingerprint density at radius 3 is 2.87 bits per heavy atom. The van der Waals surface area contributed by atoms with E-state index in [0.29, 0.717) is 12.1 Å². The van der Waals surface area contributed by atoms with Gasteiger partial charge in [-0.05, 0) is 46.3 Å². The second-order valence-corrected chi connectivity index (χ2v) is 4.53. The van der Waals surface area contributed by atoms with E-state index in [9.17, 15) is 0 Å². The fourth-order valence-corrected chi connectivity index (χ4v) is 2.19. The summed E-state index contributed by atoms with van der Waals surface area (Å²) in [4.78, 5) is 2.45. The van der Waals surface area contributed by atoms with Gasteiger partial charge in [0.2, 0.25) is 0 Å². The summed E-state index contributed by atoms with van der Waals surface area (Å²) in [6.45, 7) is 5.32. The Morgan fingerprint density at radius 1 is 1.53 bits per heavy atom. The molecule has 0 aromatic rings. The summed E-state index contributed by atoms with van der Waals surface area (Å²) in [5.74, 6) is 0. The highest BCUT2D eigenvalue weighted by atomic mass is 16.5. The Balaban J connectivity index is 2.07. The van der Waals surface area contributed by atoms with E-state index in [1.165, 1.54) is 32.2 Å². The van der Waals surface area contributed by atoms with Crippen LogP contribution in [-0.4, -0.2) is 50.8 Å². The lowest BCUT2D eigenvalue weighted by molar-refractivity contribution is 0.157. The molecule has 1 N–H and O–H groups in total. The van der Waals surface area contributed by atoms with E-state index < -0.39 is 0 Å². The SMILES string of the molecule is CCC(CCCN(C)C1CCOC1)NC. The monoisotopic (exact) mass is 214 g/mol. The maximum atomic E-state index is 5.39. The van der Waals surface area contributed by atoms with Gasteiger partial charge in [0.25, 0.3) is 0 Å². The van der Waals surface area contributed by atoms with Crippen molar-refractivity contribution in [1.82, 2.24) is 10.2 Å². The van der Waals surface area contributed by atoms with Gasteiger partial charge in [-0.25, -0.2) is 0 Å². The highest BCUT2D eigenvalue weighted by Gasteiger charge is 2.19. The number of rotatable bonds is 7. The number of likely N-dealkylation sites (N-methyl/N-ethyl adjacent to an activating group) is 1. The number of hydrogen-bond acceptors (Lipinski definition) is 3. The van der Waals surface area contributed by atoms with E-state index in [-0.39, 0.29) is 0 Å². The van der Waals surface area contributed by atoms with Crippen LogP contribution in [0.25, 0.3) is 0 Å². The van der Waals surface area contributed by atoms with E-state index in [1.54, 1.807) is 0 Å². The van der Waals surface area contributed by atoms with Gasteiger partial charge in [-0.15, -0.1) is 0 Å². The first-order chi connectivity index (χ1) is 7.27. The standard InChI is InChI=1S/C12H26N2O/c1-4-11(13-2)6-5-8-14(3)12-7-9-15-10-12/h11-13H,4-10H2,1-3H3. The topological polar surface area (TPSA) is 24.5 Å². The van der Waals surface area contributed by atoms with Crippen molar-refractivity contribution in [3.05, 3.63) is 0 Å². The first-order valence-corrected chi connectivity index (χ1v) is 6.23. The smallest absolute Gasteiger partial charge is 0.0622 e. The molecule has 3 nitrogen and oxygen atoms in total. The van der Waals surface area contributed by atoms with Gasteiger partial charge in [0.05, 0.1) is 6.61 Å². The maximum absolute atomic E-state index is 5.39. The zero-order valence-corrected chi connectivity index (χ0v) is 10.5. The summed E-state index contributed by atoms with van der Waals surface area (Å²) in [5, 5.41) is 3.35. The van der Waals surface area contributed by atoms with Crippen LogP contribution in [0, 0.1) is 0 Å². The van der Waals surface area contributed by atoms with E-state index in [1.807, 2.05) is 0 Å². The first kappa shape index (κ1) is 12.9. The van der Waals surface area contributed by atoms with Crippen molar-refractivity contribution in [2.45, 2.75) is 44.7 Å². The molecule has 3 heteroatoms. The molecule has 1 aliphatic rings. The summed E-state index contributed by atoms with van der Waals surface area (Å²) >= 11 is 0. The van der Waals surface area contributed by atoms with Gasteiger partial charge in [-0.2, -0.15) is 0 Å². The van der Waals surface area contributed by atoms with Crippen LogP contribution in [0.3, 0.4) is 0 Å². The molecule has 2 atom stereocenters. The molecule has 1 heterocycles. The van der Waals surface area contributed by atoms with Crippen molar-refractivity contribution in [3.63, 3.8) is 0 Å². The minimum absolute atomic E-state index is 0.666. The second-order valence-electron chi connectivity index (χ2n) is 4.53. The third-order valence-electron chi connectivity index (χ3n) is 3.49. The van der Waals surface area contributed by atoms with Crippen LogP contribution in [0.4, 0.5) is 0 Å². The maximum Gasteiger partial charge on any atom is 0.0622 e. The fraction of sp³-hybridized carbons (Fsp3) is 1.00. The number of hydrogen-bond donors (Lipinski definition) is 1. The Kier molecular flexibility index (Phi) is 6.22. The predicted molar refractivity (Wildman–Crippen MR) is 64.2 cm³/mol. The van der Waals surface area contributed by atoms with Gasteiger partial charge < -0.3 is 15.0 Å². The molecule has 0 radical (unpaired) electrons. The van der Waals surface area contributed by atoms with Gasteiger partial charge in [-0.1, -0.05) is 6.92 Å². The van der Waals surface area contributed by atoms with Crippen LogP contribution < -0.4 is 5.32 Å². The molecule has 0 amide bonds. The molecule has 0 bridgehead atoms. The van der Waals surface area contributed by atoms with Crippen LogP contribution >= 0.6 is 0 Å². The first-order valence-electron chi connectivity index (χ1n) is 6.23. The molecule has 0 aliphatic carbocycles. The van der Waals surface area contributed by atoms with Crippen molar-refractivity contribution in [2.75, 3.05) is 33.9 Å². The van der Waals surface area contributed by atoms with Gasteiger partial charge in [-0.3, -0.25) is 0 Å². The second kappa shape index (κ2) is 7.20. The average Bonchev–Trinajstić information content (AvgIpc) is 2.77. The average molecular weight is 214 g/mol. The van der Waals surface area contributed by atoms with Crippen molar-refractivity contribution in [1.29, 1.82) is 0 Å². The van der Waals surface area contributed by atoms with Crippen molar-refractivity contribution < 1.29 is 4.74 Å². The van der Waals surface area contributed by atoms with Crippen LogP contribution in [0.15, 0.2) is 0 Å². The Hall–Kier alpha value is -0.120. The molecular weight excluding hydrogens is 188 g/mol. The minimum Gasteiger partial charge on any atom is -0.380 e. The lowest BCUT2D eigenvalue weighted by Crippen LogP contribution is -2.33. The molecule has 1 saturated heterocycles. The van der Waals surface area contributed by atoms with Gasteiger partial charge in [0, 0.05) is 18.7 Å². The molecule has 1 aliphatic heterocycles. The molecule has 0 saturated carbocycles. The predicted octanol–water partition coefficient (Wildman–Crippen LogP) is 1.49. The third-order valence-corrected chi connectivity index (χ3v) is 3.49. The molecule has 1 fully saturated rings. The zero-order valence-electron chi connectivity index (χ0n) is 10.5. The molecular formula is C12H26N2O. The molecule has 0 aromatic carbocycles. The van der Waals surface area contributed by atoms with Crippen LogP contribution in [0.1, 0.15) is 32.6 Å². The number of ether oxygens (including phenoxy) is 1. The summed E-state index contributed by atoms with van der Waals surface area (Å²) in [6.07, 6.45) is 5.00. The van der Waals surface area contributed by atoms with Crippen LogP contribution in [0.5, 0.6) is 0 Å². The summed E-state index contributed by atoms with van der Waals surface area (Å²) in [6, 6.07) is 1.36. The number of nitrogens with one attached hydrogen (secondary N) is 1. The van der Waals surface area contributed by atoms with Crippen LogP contribution in [0.2, 0.25) is 0 Å². The zero-order chi connectivity index (χ0) is 11.1. The van der Waals surface area contributed by atoms with Crippen molar-refractivity contribution in [2.24, 2.45) is 0 Å². The van der Waals surface area contributed by atoms with Crippen LogP contribution in [-0.2, 0) is 4.74 Å². The lowest BCUT2D eigenvalue weighted by atomic mass is 10.1. The summed E-state index contributed by atoms with van der Waals surface area (Å²) < 4.78 is 5.39. The van der Waals surface area contributed by atoms with Gasteiger partial charge in [0.1, 0.15) is 0 Å². The normalized spacial score (nSPS) is 23.6. The molecule has 0 spiro atoms. The Labute approximate surface area is 94.2 Å². The largest absolute Gasteiger partial charge is 0.380 e. The van der Waals surface area contributed by atoms with Gasteiger partial charge >= 0.3 is 0 Å². The lowest BCUT2D eigenvalue weighted by Gasteiger charge is -2.23. The molecule has 2 unspecified atom stereocenters. The quantitative estimate of drug-likeness (QED) is 0.695. The molecule has 0 aromatic heterocycles. The summed E-state index contributed by atoms with van der Waals surface area (Å²) in [5.41, 5.74) is 0. The molecule has 90 valence electrons. The highest BCUT2D eigenvalue weighted by molar-refractivity contribution is 4.73. The van der Waals surface area contributed by atoms with E-state index in [4.69, 9.17) is 4.74 Å². The fourth-order valence-electron chi connectivity index (χ4n) is 2.19. The van der Waals surface area contributed by atoms with Crippen molar-refractivity contribution >= 4 is 0 Å². The van der Waals surface area contributed by atoms with E-state index >= 15 is 0 Å². The third kappa shape index (κ3) is 4.49. The molecule has 15 heavy (non-hydrogen) atoms. The number of nitrogens with zero attached hydrogens (tertiary/aromatic N) is 1. The minimum atomic E-state index is 0.666. The van der Waals surface area contributed by atoms with E-state index in [0.717, 1.165) is 13.2 Å².